The molecule has 0 amide bonds. The van der Waals surface area contributed by atoms with E-state index in [1.54, 1.807) is 0 Å². The van der Waals surface area contributed by atoms with Gasteiger partial charge in [0.1, 0.15) is 0 Å². The lowest BCUT2D eigenvalue weighted by atomic mass is 10.1. The Morgan fingerprint density at radius 3 is 2.65 bits per heavy atom. The summed E-state index contributed by atoms with van der Waals surface area (Å²) in [4.78, 5) is 2.41. The first-order valence-electron chi connectivity index (χ1n) is 7.60. The number of benzene rings is 1. The van der Waals surface area contributed by atoms with E-state index in [-0.39, 0.29) is 0 Å². The van der Waals surface area contributed by atoms with Crippen molar-refractivity contribution in [3.8, 4) is 5.69 Å². The molecule has 3 rings (SSSR count). The largest absolute Gasteiger partial charge is 0.300 e. The standard InChI is InChI=1S/C17H23N3/c1-19(13-15-7-5-6-8-15)14-16-11-12-20(18-16)17-9-3-2-4-10-17/h2-4,9-12,15H,5-8,13-14H2,1H3. The number of para-hydroxylation sites is 1. The first kappa shape index (κ1) is 13.4. The lowest BCUT2D eigenvalue weighted by molar-refractivity contribution is 0.268. The topological polar surface area (TPSA) is 21.1 Å². The molecule has 0 aliphatic heterocycles. The molecular formula is C17H23N3. The van der Waals surface area contributed by atoms with Gasteiger partial charge >= 0.3 is 0 Å². The van der Waals surface area contributed by atoms with Crippen LogP contribution >= 0.6 is 0 Å². The van der Waals surface area contributed by atoms with Crippen LogP contribution in [0.15, 0.2) is 42.6 Å². The van der Waals surface area contributed by atoms with Gasteiger partial charge in [-0.15, -0.1) is 0 Å². The molecule has 0 radical (unpaired) electrons. The molecule has 0 N–H and O–H groups in total. The molecule has 0 atom stereocenters. The minimum absolute atomic E-state index is 0.899. The van der Waals surface area contributed by atoms with Crippen LogP contribution in [0.2, 0.25) is 0 Å². The molecule has 20 heavy (non-hydrogen) atoms. The molecular weight excluding hydrogens is 246 g/mol. The third-order valence-corrected chi connectivity index (χ3v) is 4.14. The summed E-state index contributed by atoms with van der Waals surface area (Å²) in [6.07, 6.45) is 7.70. The van der Waals surface area contributed by atoms with Gasteiger partial charge in [0.05, 0.1) is 11.4 Å². The van der Waals surface area contributed by atoms with E-state index in [2.05, 4.69) is 35.2 Å². The third-order valence-electron chi connectivity index (χ3n) is 4.14. The average Bonchev–Trinajstić information content (AvgIpc) is 3.11. The van der Waals surface area contributed by atoms with E-state index in [1.165, 1.54) is 32.2 Å². The summed E-state index contributed by atoms with van der Waals surface area (Å²) in [5.41, 5.74) is 2.27. The number of nitrogens with zero attached hydrogens (tertiary/aromatic N) is 3. The first-order chi connectivity index (χ1) is 9.81. The second kappa shape index (κ2) is 6.23. The van der Waals surface area contributed by atoms with Crippen molar-refractivity contribution < 1.29 is 0 Å². The van der Waals surface area contributed by atoms with E-state index in [0.717, 1.165) is 23.8 Å². The van der Waals surface area contributed by atoms with Crippen molar-refractivity contribution in [2.24, 2.45) is 5.92 Å². The highest BCUT2D eigenvalue weighted by molar-refractivity contribution is 5.30. The van der Waals surface area contributed by atoms with Crippen LogP contribution in [0.4, 0.5) is 0 Å². The van der Waals surface area contributed by atoms with Gasteiger partial charge in [0.2, 0.25) is 0 Å². The van der Waals surface area contributed by atoms with Crippen molar-refractivity contribution in [1.29, 1.82) is 0 Å². The predicted octanol–water partition coefficient (Wildman–Crippen LogP) is 3.49. The molecule has 1 heterocycles. The maximum Gasteiger partial charge on any atom is 0.0769 e. The van der Waals surface area contributed by atoms with Crippen LogP contribution in [0.25, 0.3) is 5.69 Å². The van der Waals surface area contributed by atoms with Crippen molar-refractivity contribution in [1.82, 2.24) is 14.7 Å². The van der Waals surface area contributed by atoms with Gasteiger partial charge in [0.25, 0.3) is 0 Å². The summed E-state index contributed by atoms with van der Waals surface area (Å²) in [6.45, 7) is 2.15. The molecule has 106 valence electrons. The maximum absolute atomic E-state index is 4.67. The molecule has 1 aliphatic rings. The second-order valence-corrected chi connectivity index (χ2v) is 5.93. The monoisotopic (exact) mass is 269 g/mol. The van der Waals surface area contributed by atoms with Crippen LogP contribution in [0.3, 0.4) is 0 Å². The van der Waals surface area contributed by atoms with Gasteiger partial charge < -0.3 is 4.90 Å². The zero-order chi connectivity index (χ0) is 13.8. The molecule has 1 fully saturated rings. The van der Waals surface area contributed by atoms with Gasteiger partial charge in [-0.05, 0) is 44.0 Å². The highest BCUT2D eigenvalue weighted by Crippen LogP contribution is 2.25. The van der Waals surface area contributed by atoms with E-state index in [9.17, 15) is 0 Å². The zero-order valence-corrected chi connectivity index (χ0v) is 12.2. The van der Waals surface area contributed by atoms with E-state index < -0.39 is 0 Å². The summed E-state index contributed by atoms with van der Waals surface area (Å²) < 4.78 is 1.96. The summed E-state index contributed by atoms with van der Waals surface area (Å²) in [6, 6.07) is 12.4. The molecule has 3 heteroatoms. The molecule has 0 saturated heterocycles. The first-order valence-corrected chi connectivity index (χ1v) is 7.60. The Kier molecular flexibility index (Phi) is 4.16. The van der Waals surface area contributed by atoms with Gasteiger partial charge in [-0.3, -0.25) is 0 Å². The van der Waals surface area contributed by atoms with Crippen LogP contribution in [-0.4, -0.2) is 28.3 Å². The van der Waals surface area contributed by atoms with E-state index in [1.807, 2.05) is 29.1 Å². The van der Waals surface area contributed by atoms with E-state index in [0.29, 0.717) is 0 Å². The van der Waals surface area contributed by atoms with Crippen molar-refractivity contribution in [3.63, 3.8) is 0 Å². The fraction of sp³-hybridized carbons (Fsp3) is 0.471. The number of hydrogen-bond donors (Lipinski definition) is 0. The Morgan fingerprint density at radius 1 is 1.15 bits per heavy atom. The highest BCUT2D eigenvalue weighted by Gasteiger charge is 2.17. The Balaban J connectivity index is 1.59. The third kappa shape index (κ3) is 3.28. The number of rotatable bonds is 5. The Morgan fingerprint density at radius 2 is 1.90 bits per heavy atom. The van der Waals surface area contributed by atoms with Gasteiger partial charge in [-0.1, -0.05) is 31.0 Å². The van der Waals surface area contributed by atoms with Crippen molar-refractivity contribution >= 4 is 0 Å². The minimum atomic E-state index is 0.899. The Labute approximate surface area is 121 Å². The molecule has 0 spiro atoms. The van der Waals surface area contributed by atoms with Crippen LogP contribution in [-0.2, 0) is 6.54 Å². The summed E-state index contributed by atoms with van der Waals surface area (Å²) in [5.74, 6) is 0.899. The average molecular weight is 269 g/mol. The maximum atomic E-state index is 4.67. The van der Waals surface area contributed by atoms with Crippen molar-refractivity contribution in [3.05, 3.63) is 48.3 Å². The fourth-order valence-electron chi connectivity index (χ4n) is 3.15. The molecule has 1 saturated carbocycles. The summed E-state index contributed by atoms with van der Waals surface area (Å²) >= 11 is 0. The lowest BCUT2D eigenvalue weighted by Crippen LogP contribution is -2.24. The van der Waals surface area contributed by atoms with Crippen molar-refractivity contribution in [2.45, 2.75) is 32.2 Å². The zero-order valence-electron chi connectivity index (χ0n) is 12.2. The van der Waals surface area contributed by atoms with E-state index in [4.69, 9.17) is 0 Å². The van der Waals surface area contributed by atoms with Gasteiger partial charge in [-0.2, -0.15) is 5.10 Å². The van der Waals surface area contributed by atoms with Crippen LogP contribution in [0, 0.1) is 5.92 Å². The van der Waals surface area contributed by atoms with Crippen molar-refractivity contribution in [2.75, 3.05) is 13.6 Å². The molecule has 0 bridgehead atoms. The predicted molar refractivity (Wildman–Crippen MR) is 81.9 cm³/mol. The quantitative estimate of drug-likeness (QED) is 0.828. The Hall–Kier alpha value is -1.61. The lowest BCUT2D eigenvalue weighted by Gasteiger charge is -2.19. The van der Waals surface area contributed by atoms with E-state index >= 15 is 0 Å². The molecule has 1 aromatic heterocycles. The van der Waals surface area contributed by atoms with Gasteiger partial charge in [-0.25, -0.2) is 4.68 Å². The molecule has 2 aromatic rings. The molecule has 0 unspecified atom stereocenters. The van der Waals surface area contributed by atoms with Crippen LogP contribution in [0.5, 0.6) is 0 Å². The Bertz CT molecular complexity index is 526. The summed E-state index contributed by atoms with van der Waals surface area (Å²) in [7, 11) is 2.21. The molecule has 1 aliphatic carbocycles. The molecule has 3 nitrogen and oxygen atoms in total. The highest BCUT2D eigenvalue weighted by atomic mass is 15.3. The van der Waals surface area contributed by atoms with Crippen LogP contribution < -0.4 is 0 Å². The fourth-order valence-corrected chi connectivity index (χ4v) is 3.15. The van der Waals surface area contributed by atoms with Gasteiger partial charge in [0, 0.05) is 19.3 Å². The molecule has 1 aromatic carbocycles. The minimum Gasteiger partial charge on any atom is -0.300 e. The normalized spacial score (nSPS) is 16.1. The number of hydrogen-bond acceptors (Lipinski definition) is 2. The van der Waals surface area contributed by atoms with Crippen LogP contribution in [0.1, 0.15) is 31.4 Å². The SMILES string of the molecule is CN(Cc1ccn(-c2ccccc2)n1)CC1CCCC1. The second-order valence-electron chi connectivity index (χ2n) is 5.93. The van der Waals surface area contributed by atoms with Gasteiger partial charge in [0.15, 0.2) is 0 Å². The summed E-state index contributed by atoms with van der Waals surface area (Å²) in [5, 5.41) is 4.67. The smallest absolute Gasteiger partial charge is 0.0769 e. The number of aromatic nitrogens is 2.